The molecule has 0 saturated carbocycles. The molecule has 2 heterocycles. The van der Waals surface area contributed by atoms with E-state index < -0.39 is 6.17 Å². The smallest absolute Gasteiger partial charge is 0.242 e. The summed E-state index contributed by atoms with van der Waals surface area (Å²) >= 11 is 0. The molecular weight excluding hydrogens is 233 g/mol. The molecule has 5 heteroatoms. The molecule has 0 aromatic heterocycles. The molecule has 2 aliphatic heterocycles. The van der Waals surface area contributed by atoms with E-state index in [-0.39, 0.29) is 11.9 Å². The predicted octanol–water partition coefficient (Wildman–Crippen LogP) is 1.18. The summed E-state index contributed by atoms with van der Waals surface area (Å²) in [6.45, 7) is 0.988. The Kier molecular flexibility index (Phi) is 2.70. The minimum absolute atomic E-state index is 0.0535. The molecule has 1 aromatic rings. The van der Waals surface area contributed by atoms with E-state index in [0.717, 1.165) is 11.3 Å². The quantitative estimate of drug-likeness (QED) is 0.735. The number of carbonyl (C=O) groups is 1. The van der Waals surface area contributed by atoms with E-state index in [9.17, 15) is 9.18 Å². The van der Waals surface area contributed by atoms with Crippen molar-refractivity contribution < 1.29 is 9.18 Å². The summed E-state index contributed by atoms with van der Waals surface area (Å²) in [7, 11) is 0. The number of rotatable bonds is 1. The zero-order valence-electron chi connectivity index (χ0n) is 10.0. The van der Waals surface area contributed by atoms with E-state index in [1.807, 2.05) is 23.1 Å². The maximum absolute atomic E-state index is 13.2. The van der Waals surface area contributed by atoms with Crippen LogP contribution in [0.2, 0.25) is 0 Å². The highest BCUT2D eigenvalue weighted by molar-refractivity contribution is 5.99. The number of hydrogen-bond acceptors (Lipinski definition) is 3. The second kappa shape index (κ2) is 4.24. The van der Waals surface area contributed by atoms with Crippen molar-refractivity contribution in [2.75, 3.05) is 24.1 Å². The molecule has 1 amide bonds. The first-order valence-electron chi connectivity index (χ1n) is 6.21. The number of benzene rings is 1. The monoisotopic (exact) mass is 249 g/mol. The largest absolute Gasteiger partial charge is 0.398 e. The van der Waals surface area contributed by atoms with Crippen LogP contribution in [0.15, 0.2) is 18.2 Å². The SMILES string of the molecule is Nc1cccc2c1CC(N1CC[C@H](F)C1)C(=O)N2. The van der Waals surface area contributed by atoms with E-state index in [2.05, 4.69) is 5.32 Å². The summed E-state index contributed by atoms with van der Waals surface area (Å²) in [5.41, 5.74) is 8.37. The molecule has 3 rings (SSSR count). The molecule has 1 unspecified atom stereocenters. The minimum Gasteiger partial charge on any atom is -0.398 e. The Bertz CT molecular complexity index is 491. The third-order valence-corrected chi connectivity index (χ3v) is 3.77. The zero-order chi connectivity index (χ0) is 12.7. The van der Waals surface area contributed by atoms with Crippen LogP contribution in [0, 0.1) is 0 Å². The molecule has 18 heavy (non-hydrogen) atoms. The number of likely N-dealkylation sites (tertiary alicyclic amines) is 1. The number of fused-ring (bicyclic) bond motifs is 1. The fraction of sp³-hybridized carbons (Fsp3) is 0.462. The van der Waals surface area contributed by atoms with Gasteiger partial charge >= 0.3 is 0 Å². The van der Waals surface area contributed by atoms with Crippen LogP contribution >= 0.6 is 0 Å². The molecule has 1 saturated heterocycles. The topological polar surface area (TPSA) is 58.4 Å². The van der Waals surface area contributed by atoms with E-state index in [1.165, 1.54) is 0 Å². The molecule has 0 spiro atoms. The number of nitrogens with zero attached hydrogens (tertiary/aromatic N) is 1. The van der Waals surface area contributed by atoms with Gasteiger partial charge in [-0.3, -0.25) is 9.69 Å². The van der Waals surface area contributed by atoms with E-state index in [0.29, 0.717) is 31.6 Å². The Labute approximate surface area is 105 Å². The lowest BCUT2D eigenvalue weighted by atomic mass is 9.96. The number of halogens is 1. The summed E-state index contributed by atoms with van der Waals surface area (Å²) in [5.74, 6) is -0.0535. The van der Waals surface area contributed by atoms with Gasteiger partial charge in [0.1, 0.15) is 6.17 Å². The second-order valence-corrected chi connectivity index (χ2v) is 4.96. The van der Waals surface area contributed by atoms with Gasteiger partial charge in [-0.1, -0.05) is 6.07 Å². The molecule has 1 aromatic carbocycles. The average Bonchev–Trinajstić information content (AvgIpc) is 2.75. The molecular formula is C13H16FN3O. The van der Waals surface area contributed by atoms with Gasteiger partial charge in [0.2, 0.25) is 5.91 Å². The van der Waals surface area contributed by atoms with Crippen LogP contribution in [0.5, 0.6) is 0 Å². The summed E-state index contributed by atoms with van der Waals surface area (Å²) in [5, 5.41) is 2.86. The van der Waals surface area contributed by atoms with Crippen LogP contribution in [0.25, 0.3) is 0 Å². The highest BCUT2D eigenvalue weighted by Crippen LogP contribution is 2.30. The first kappa shape index (κ1) is 11.5. The molecule has 2 atom stereocenters. The minimum atomic E-state index is -0.813. The maximum Gasteiger partial charge on any atom is 0.242 e. The van der Waals surface area contributed by atoms with Crippen LogP contribution in [-0.4, -0.2) is 36.1 Å². The fourth-order valence-electron chi connectivity index (χ4n) is 2.77. The van der Waals surface area contributed by atoms with E-state index in [4.69, 9.17) is 5.73 Å². The third-order valence-electron chi connectivity index (χ3n) is 3.77. The summed E-state index contributed by atoms with van der Waals surface area (Å²) in [6, 6.07) is 5.21. The Hall–Kier alpha value is -1.62. The van der Waals surface area contributed by atoms with Crippen LogP contribution in [-0.2, 0) is 11.2 Å². The van der Waals surface area contributed by atoms with Crippen molar-refractivity contribution in [3.8, 4) is 0 Å². The number of nitrogens with two attached hydrogens (primary N) is 1. The van der Waals surface area contributed by atoms with Crippen molar-refractivity contribution in [3.63, 3.8) is 0 Å². The van der Waals surface area contributed by atoms with Crippen LogP contribution in [0.1, 0.15) is 12.0 Å². The van der Waals surface area contributed by atoms with Crippen LogP contribution in [0.4, 0.5) is 15.8 Å². The zero-order valence-corrected chi connectivity index (χ0v) is 10.0. The molecule has 2 aliphatic rings. The molecule has 96 valence electrons. The van der Waals surface area contributed by atoms with Gasteiger partial charge in [0.05, 0.1) is 6.04 Å². The van der Waals surface area contributed by atoms with Crippen molar-refractivity contribution >= 4 is 17.3 Å². The number of amides is 1. The molecule has 0 radical (unpaired) electrons. The first-order chi connectivity index (χ1) is 8.65. The van der Waals surface area contributed by atoms with Crippen LogP contribution < -0.4 is 11.1 Å². The van der Waals surface area contributed by atoms with Crippen molar-refractivity contribution in [1.82, 2.24) is 4.90 Å². The van der Waals surface area contributed by atoms with Gasteiger partial charge in [0.15, 0.2) is 0 Å². The maximum atomic E-state index is 13.2. The second-order valence-electron chi connectivity index (χ2n) is 4.96. The number of carbonyl (C=O) groups excluding carboxylic acids is 1. The highest BCUT2D eigenvalue weighted by atomic mass is 19.1. The van der Waals surface area contributed by atoms with Gasteiger partial charge < -0.3 is 11.1 Å². The lowest BCUT2D eigenvalue weighted by molar-refractivity contribution is -0.121. The van der Waals surface area contributed by atoms with Gasteiger partial charge in [0.25, 0.3) is 0 Å². The summed E-state index contributed by atoms with van der Waals surface area (Å²) in [4.78, 5) is 14.0. The molecule has 3 N–H and O–H groups in total. The van der Waals surface area contributed by atoms with Gasteiger partial charge in [-0.05, 0) is 18.6 Å². The fourth-order valence-corrected chi connectivity index (χ4v) is 2.77. The Balaban J connectivity index is 1.87. The van der Waals surface area contributed by atoms with Crippen molar-refractivity contribution in [2.45, 2.75) is 25.1 Å². The summed E-state index contributed by atoms with van der Waals surface area (Å²) < 4.78 is 13.2. The Morgan fingerprint density at radius 2 is 2.28 bits per heavy atom. The predicted molar refractivity (Wildman–Crippen MR) is 68.1 cm³/mol. The standard InChI is InChI=1S/C13H16FN3O/c14-8-4-5-17(7-8)12-6-9-10(15)2-1-3-11(9)16-13(12)18/h1-3,8,12H,4-7,15H2,(H,16,18)/t8-,12?/m0/s1. The van der Waals surface area contributed by atoms with Gasteiger partial charge in [0, 0.05) is 36.4 Å². The molecule has 0 bridgehead atoms. The number of nitrogens with one attached hydrogen (secondary N) is 1. The molecule has 1 fully saturated rings. The number of alkyl halides is 1. The van der Waals surface area contributed by atoms with Gasteiger partial charge in [-0.2, -0.15) is 0 Å². The van der Waals surface area contributed by atoms with Crippen LogP contribution in [0.3, 0.4) is 0 Å². The molecule has 0 aliphatic carbocycles. The number of hydrogen-bond donors (Lipinski definition) is 2. The lowest BCUT2D eigenvalue weighted by Gasteiger charge is -2.31. The number of nitrogen functional groups attached to an aromatic ring is 1. The molecule has 4 nitrogen and oxygen atoms in total. The average molecular weight is 249 g/mol. The number of anilines is 2. The third kappa shape index (κ3) is 1.84. The Morgan fingerprint density at radius 3 is 3.00 bits per heavy atom. The van der Waals surface area contributed by atoms with Gasteiger partial charge in [-0.25, -0.2) is 4.39 Å². The van der Waals surface area contributed by atoms with Crippen molar-refractivity contribution in [1.29, 1.82) is 0 Å². The highest BCUT2D eigenvalue weighted by Gasteiger charge is 2.36. The Morgan fingerprint density at radius 1 is 1.44 bits per heavy atom. The van der Waals surface area contributed by atoms with Crippen molar-refractivity contribution in [3.05, 3.63) is 23.8 Å². The summed E-state index contributed by atoms with van der Waals surface area (Å²) in [6.07, 6.45) is 0.272. The van der Waals surface area contributed by atoms with E-state index >= 15 is 0 Å². The van der Waals surface area contributed by atoms with Crippen molar-refractivity contribution in [2.24, 2.45) is 0 Å². The lowest BCUT2D eigenvalue weighted by Crippen LogP contribution is -2.47. The normalized spacial score (nSPS) is 27.9. The first-order valence-corrected chi connectivity index (χ1v) is 6.21. The van der Waals surface area contributed by atoms with E-state index in [1.54, 1.807) is 0 Å². The van der Waals surface area contributed by atoms with Gasteiger partial charge in [-0.15, -0.1) is 0 Å².